The van der Waals surface area contributed by atoms with Crippen molar-refractivity contribution in [2.75, 3.05) is 27.8 Å². The van der Waals surface area contributed by atoms with E-state index in [1.54, 1.807) is 0 Å². The van der Waals surface area contributed by atoms with Gasteiger partial charge in [0.2, 0.25) is 0 Å². The van der Waals surface area contributed by atoms with Crippen molar-refractivity contribution in [3.8, 4) is 0 Å². The molecule has 0 saturated heterocycles. The van der Waals surface area contributed by atoms with Crippen molar-refractivity contribution >= 4 is 0 Å². The van der Waals surface area contributed by atoms with E-state index in [0.29, 0.717) is 6.42 Å². The molecule has 0 unspecified atom stereocenters. The van der Waals surface area contributed by atoms with Crippen LogP contribution in [0.2, 0.25) is 0 Å². The van der Waals surface area contributed by atoms with Crippen LogP contribution in [0.3, 0.4) is 0 Å². The number of hydrogen-bond donors (Lipinski definition) is 3. The van der Waals surface area contributed by atoms with Crippen LogP contribution in [0.15, 0.2) is 0 Å². The molecular formula is C6H21FN3. The van der Waals surface area contributed by atoms with Gasteiger partial charge in [0.15, 0.2) is 0 Å². The van der Waals surface area contributed by atoms with Crippen molar-refractivity contribution in [1.82, 2.24) is 0 Å². The van der Waals surface area contributed by atoms with Crippen LogP contribution in [-0.2, 0) is 0 Å². The first-order valence-electron chi connectivity index (χ1n) is 3.00. The van der Waals surface area contributed by atoms with E-state index in [4.69, 9.17) is 0 Å². The van der Waals surface area contributed by atoms with E-state index >= 15 is 0 Å². The Balaban J connectivity index is -0.0000000262. The van der Waals surface area contributed by atoms with E-state index in [-0.39, 0.29) is 6.67 Å². The number of halogens is 1. The van der Waals surface area contributed by atoms with Crippen molar-refractivity contribution < 1.29 is 4.39 Å². The molecule has 0 aromatic heterocycles. The molecule has 0 spiro atoms. The summed E-state index contributed by atoms with van der Waals surface area (Å²) in [5, 5.41) is 0. The third kappa shape index (κ3) is 552. The summed E-state index contributed by atoms with van der Waals surface area (Å²) in [5.41, 5.74) is 13.5. The molecule has 0 fully saturated rings. The molecule has 10 heavy (non-hydrogen) atoms. The lowest BCUT2D eigenvalue weighted by molar-refractivity contribution is 0.500. The van der Waals surface area contributed by atoms with Gasteiger partial charge in [0.1, 0.15) is 0 Å². The molecule has 1 radical (unpaired) electrons. The highest BCUT2D eigenvalue weighted by Gasteiger charge is 1.61. The van der Waals surface area contributed by atoms with Crippen LogP contribution in [0.4, 0.5) is 4.39 Å². The summed E-state index contributed by atoms with van der Waals surface area (Å²) >= 11 is 0. The minimum absolute atomic E-state index is 0.292. The molecule has 0 saturated carbocycles. The van der Waals surface area contributed by atoms with E-state index in [2.05, 4.69) is 24.1 Å². The summed E-state index contributed by atoms with van der Waals surface area (Å²) in [7, 11) is 4.50. The molecule has 0 aromatic rings. The van der Waals surface area contributed by atoms with Crippen LogP contribution in [0.5, 0.6) is 0 Å². The standard InChI is InChI=1S/C3H6F.3CH5N/c1-2-3-4;3*1-2/h1-3H2;3*2H2,1H3. The van der Waals surface area contributed by atoms with Gasteiger partial charge in [-0.1, -0.05) is 6.92 Å². The summed E-state index contributed by atoms with van der Waals surface area (Å²) in [6.45, 7) is 2.94. The van der Waals surface area contributed by atoms with Crippen LogP contribution in [-0.4, -0.2) is 27.8 Å². The topological polar surface area (TPSA) is 78.1 Å². The smallest absolute Gasteiger partial charge is 0.0894 e. The van der Waals surface area contributed by atoms with Crippen molar-refractivity contribution in [3.63, 3.8) is 0 Å². The fraction of sp³-hybridized carbons (Fsp3) is 0.833. The molecule has 0 aromatic carbocycles. The zero-order chi connectivity index (χ0) is 9.41. The van der Waals surface area contributed by atoms with Gasteiger partial charge in [-0.3, -0.25) is 4.39 Å². The molecule has 6 N–H and O–H groups in total. The normalized spacial score (nSPS) is 4.80. The van der Waals surface area contributed by atoms with Gasteiger partial charge in [0.05, 0.1) is 6.67 Å². The molecule has 0 amide bonds. The van der Waals surface area contributed by atoms with E-state index in [9.17, 15) is 4.39 Å². The second-order valence-corrected chi connectivity index (χ2v) is 0.543. The Kier molecular flexibility index (Phi) is 370. The highest BCUT2D eigenvalue weighted by atomic mass is 19.1. The van der Waals surface area contributed by atoms with Gasteiger partial charge in [-0.2, -0.15) is 0 Å². The van der Waals surface area contributed by atoms with Gasteiger partial charge in [0.25, 0.3) is 0 Å². The van der Waals surface area contributed by atoms with Crippen molar-refractivity contribution in [2.45, 2.75) is 6.42 Å². The minimum Gasteiger partial charge on any atom is -0.333 e. The molecule has 0 rings (SSSR count). The summed E-state index contributed by atoms with van der Waals surface area (Å²) in [5.74, 6) is 0. The number of alkyl halides is 1. The van der Waals surface area contributed by atoms with E-state index in [1.165, 1.54) is 21.1 Å². The molecule has 0 heterocycles. The van der Waals surface area contributed by atoms with Crippen LogP contribution in [0.1, 0.15) is 6.42 Å². The predicted octanol–water partition coefficient (Wildman–Crippen LogP) is -0.0952. The largest absolute Gasteiger partial charge is 0.333 e. The summed E-state index contributed by atoms with van der Waals surface area (Å²) in [6.07, 6.45) is 0.403. The van der Waals surface area contributed by atoms with E-state index in [0.717, 1.165) is 0 Å². The van der Waals surface area contributed by atoms with Gasteiger partial charge in [-0.25, -0.2) is 0 Å². The maximum atomic E-state index is 10.7. The first-order chi connectivity index (χ1) is 4.91. The van der Waals surface area contributed by atoms with Crippen LogP contribution in [0, 0.1) is 6.92 Å². The Morgan fingerprint density at radius 2 is 1.10 bits per heavy atom. The minimum atomic E-state index is -0.292. The van der Waals surface area contributed by atoms with E-state index in [1.807, 2.05) is 0 Å². The van der Waals surface area contributed by atoms with Crippen LogP contribution in [0.25, 0.3) is 0 Å². The Hall–Kier alpha value is -0.190. The summed E-state index contributed by atoms with van der Waals surface area (Å²) < 4.78 is 10.7. The molecule has 0 bridgehead atoms. The van der Waals surface area contributed by atoms with Crippen molar-refractivity contribution in [3.05, 3.63) is 6.92 Å². The van der Waals surface area contributed by atoms with Crippen LogP contribution >= 0.6 is 0 Å². The molecule has 3 nitrogen and oxygen atoms in total. The first kappa shape index (κ1) is 22.6. The average molecular weight is 154 g/mol. The van der Waals surface area contributed by atoms with Gasteiger partial charge >= 0.3 is 0 Å². The lowest BCUT2D eigenvalue weighted by Crippen LogP contribution is -1.69. The third-order valence-corrected chi connectivity index (χ3v) is 0.134. The monoisotopic (exact) mass is 154 g/mol. The molecule has 0 aliphatic carbocycles. The van der Waals surface area contributed by atoms with Gasteiger partial charge in [-0.05, 0) is 27.6 Å². The molecule has 4 heteroatoms. The molecule has 0 aliphatic heterocycles. The maximum Gasteiger partial charge on any atom is 0.0894 e. The Morgan fingerprint density at radius 1 is 1.00 bits per heavy atom. The lowest BCUT2D eigenvalue weighted by Gasteiger charge is -1.64. The Morgan fingerprint density at radius 3 is 1.10 bits per heavy atom. The fourth-order valence-corrected chi connectivity index (χ4v) is 0. The predicted molar refractivity (Wildman–Crippen MR) is 46.3 cm³/mol. The van der Waals surface area contributed by atoms with Gasteiger partial charge in [0, 0.05) is 0 Å². The second kappa shape index (κ2) is 164. The second-order valence-electron chi connectivity index (χ2n) is 0.543. The van der Waals surface area contributed by atoms with E-state index < -0.39 is 0 Å². The summed E-state index contributed by atoms with van der Waals surface area (Å²) in [4.78, 5) is 0. The zero-order valence-electron chi connectivity index (χ0n) is 7.23. The lowest BCUT2D eigenvalue weighted by atomic mass is 10.6. The first-order valence-corrected chi connectivity index (χ1v) is 3.00. The number of hydrogen-bond acceptors (Lipinski definition) is 3. The highest BCUT2D eigenvalue weighted by molar-refractivity contribution is 4.29. The molecule has 67 valence electrons. The van der Waals surface area contributed by atoms with Crippen LogP contribution < -0.4 is 17.2 Å². The average Bonchev–Trinajstić information content (AvgIpc) is 2.14. The fourth-order valence-electron chi connectivity index (χ4n) is 0. The summed E-state index contributed by atoms with van der Waals surface area (Å²) in [6, 6.07) is 0. The molecule has 0 aliphatic rings. The van der Waals surface area contributed by atoms with Gasteiger partial charge < -0.3 is 17.2 Å². The molecular weight excluding hydrogens is 133 g/mol. The maximum absolute atomic E-state index is 10.7. The Bertz CT molecular complexity index is 15.0. The zero-order valence-corrected chi connectivity index (χ0v) is 7.23. The van der Waals surface area contributed by atoms with Crippen molar-refractivity contribution in [1.29, 1.82) is 0 Å². The highest BCUT2D eigenvalue weighted by Crippen LogP contribution is 1.68. The molecule has 0 atom stereocenters. The third-order valence-electron chi connectivity index (χ3n) is 0.134. The Labute approximate surface area is 63.8 Å². The van der Waals surface area contributed by atoms with Gasteiger partial charge in [-0.15, -0.1) is 0 Å². The number of nitrogens with two attached hydrogens (primary N) is 3. The SMILES string of the molecule is CN.CN.CN.[CH2]CCF. The quantitative estimate of drug-likeness (QED) is 0.493. The van der Waals surface area contributed by atoms with Crippen molar-refractivity contribution in [2.24, 2.45) is 17.2 Å². The number of rotatable bonds is 1.